The van der Waals surface area contributed by atoms with Crippen LogP contribution in [0.3, 0.4) is 0 Å². The molecule has 1 aliphatic heterocycles. The summed E-state index contributed by atoms with van der Waals surface area (Å²) in [5.74, 6) is 1.19. The Morgan fingerprint density at radius 3 is 3.00 bits per heavy atom. The van der Waals surface area contributed by atoms with Crippen molar-refractivity contribution in [3.63, 3.8) is 0 Å². The molecule has 4 nitrogen and oxygen atoms in total. The number of ether oxygens (including phenoxy) is 1. The fourth-order valence-corrected chi connectivity index (χ4v) is 2.29. The topological polar surface area (TPSA) is 45.8 Å². The SMILES string of the molecule is Cc1occc1CN(C)CC1COCCC1O. The Kier molecular flexibility index (Phi) is 4.20. The first-order valence-corrected chi connectivity index (χ1v) is 6.14. The van der Waals surface area contributed by atoms with E-state index in [1.165, 1.54) is 5.56 Å². The van der Waals surface area contributed by atoms with E-state index in [9.17, 15) is 5.11 Å². The van der Waals surface area contributed by atoms with E-state index in [1.807, 2.05) is 13.0 Å². The van der Waals surface area contributed by atoms with E-state index >= 15 is 0 Å². The van der Waals surface area contributed by atoms with Crippen molar-refractivity contribution in [1.29, 1.82) is 0 Å². The highest BCUT2D eigenvalue weighted by Crippen LogP contribution is 2.17. The third kappa shape index (κ3) is 3.31. The zero-order chi connectivity index (χ0) is 12.3. The molecule has 1 aliphatic rings. The highest BCUT2D eigenvalue weighted by Gasteiger charge is 2.24. The molecule has 0 radical (unpaired) electrons. The van der Waals surface area contributed by atoms with E-state index < -0.39 is 0 Å². The Labute approximate surface area is 102 Å². The Hall–Kier alpha value is -0.840. The third-order valence-electron chi connectivity index (χ3n) is 3.39. The van der Waals surface area contributed by atoms with Crippen molar-refractivity contribution in [1.82, 2.24) is 4.90 Å². The summed E-state index contributed by atoms with van der Waals surface area (Å²) in [7, 11) is 2.06. The molecule has 2 unspecified atom stereocenters. The fourth-order valence-electron chi connectivity index (χ4n) is 2.29. The molecule has 0 aromatic carbocycles. The molecule has 2 atom stereocenters. The molecule has 0 amide bonds. The minimum absolute atomic E-state index is 0.223. The van der Waals surface area contributed by atoms with Gasteiger partial charge in [-0.3, -0.25) is 0 Å². The van der Waals surface area contributed by atoms with Crippen LogP contribution >= 0.6 is 0 Å². The minimum atomic E-state index is -0.225. The Morgan fingerprint density at radius 1 is 1.53 bits per heavy atom. The van der Waals surface area contributed by atoms with Crippen molar-refractivity contribution in [3.05, 3.63) is 23.7 Å². The summed E-state index contributed by atoms with van der Waals surface area (Å²) in [6.07, 6.45) is 2.25. The summed E-state index contributed by atoms with van der Waals surface area (Å²) in [5.41, 5.74) is 1.21. The van der Waals surface area contributed by atoms with Crippen LogP contribution < -0.4 is 0 Å². The number of nitrogens with zero attached hydrogens (tertiary/aromatic N) is 1. The van der Waals surface area contributed by atoms with Gasteiger partial charge in [0.05, 0.1) is 19.0 Å². The highest BCUT2D eigenvalue weighted by atomic mass is 16.5. The van der Waals surface area contributed by atoms with Crippen molar-refractivity contribution in [2.75, 3.05) is 26.8 Å². The van der Waals surface area contributed by atoms with Crippen molar-refractivity contribution in [2.45, 2.75) is 26.0 Å². The van der Waals surface area contributed by atoms with Crippen molar-refractivity contribution in [3.8, 4) is 0 Å². The lowest BCUT2D eigenvalue weighted by Gasteiger charge is -2.31. The second kappa shape index (κ2) is 5.67. The lowest BCUT2D eigenvalue weighted by atomic mass is 9.98. The smallest absolute Gasteiger partial charge is 0.105 e. The van der Waals surface area contributed by atoms with Crippen LogP contribution in [0.4, 0.5) is 0 Å². The quantitative estimate of drug-likeness (QED) is 0.863. The van der Waals surface area contributed by atoms with Crippen LogP contribution in [0.2, 0.25) is 0 Å². The van der Waals surface area contributed by atoms with Gasteiger partial charge < -0.3 is 19.2 Å². The molecule has 2 heterocycles. The Morgan fingerprint density at radius 2 is 2.35 bits per heavy atom. The Balaban J connectivity index is 1.84. The van der Waals surface area contributed by atoms with E-state index in [4.69, 9.17) is 9.15 Å². The molecule has 17 heavy (non-hydrogen) atoms. The van der Waals surface area contributed by atoms with Gasteiger partial charge in [-0.1, -0.05) is 0 Å². The van der Waals surface area contributed by atoms with Gasteiger partial charge >= 0.3 is 0 Å². The van der Waals surface area contributed by atoms with Gasteiger partial charge in [0, 0.05) is 31.2 Å². The number of hydrogen-bond donors (Lipinski definition) is 1. The largest absolute Gasteiger partial charge is 0.469 e. The van der Waals surface area contributed by atoms with Gasteiger partial charge in [0.2, 0.25) is 0 Å². The lowest BCUT2D eigenvalue weighted by Crippen LogP contribution is -2.39. The molecule has 0 spiro atoms. The maximum absolute atomic E-state index is 9.87. The van der Waals surface area contributed by atoms with Crippen molar-refractivity contribution in [2.24, 2.45) is 5.92 Å². The predicted molar refractivity (Wildman–Crippen MR) is 64.7 cm³/mol. The first kappa shape index (κ1) is 12.6. The molecule has 0 saturated carbocycles. The van der Waals surface area contributed by atoms with Gasteiger partial charge in [-0.05, 0) is 26.5 Å². The Bertz CT molecular complexity index is 350. The van der Waals surface area contributed by atoms with Crippen molar-refractivity contribution < 1.29 is 14.3 Å². The number of aliphatic hydroxyl groups excluding tert-OH is 1. The van der Waals surface area contributed by atoms with Gasteiger partial charge in [0.1, 0.15) is 5.76 Å². The minimum Gasteiger partial charge on any atom is -0.469 e. The summed E-state index contributed by atoms with van der Waals surface area (Å²) in [4.78, 5) is 2.21. The lowest BCUT2D eigenvalue weighted by molar-refractivity contribution is -0.0451. The van der Waals surface area contributed by atoms with E-state index in [2.05, 4.69) is 11.9 Å². The number of aliphatic hydroxyl groups is 1. The summed E-state index contributed by atoms with van der Waals surface area (Å²) in [6, 6.07) is 2.00. The first-order chi connectivity index (χ1) is 8.16. The first-order valence-electron chi connectivity index (χ1n) is 6.14. The summed E-state index contributed by atoms with van der Waals surface area (Å²) >= 11 is 0. The van der Waals surface area contributed by atoms with Gasteiger partial charge in [-0.15, -0.1) is 0 Å². The number of rotatable bonds is 4. The molecule has 1 aromatic heterocycles. The van der Waals surface area contributed by atoms with Crippen LogP contribution in [0.15, 0.2) is 16.7 Å². The second-order valence-corrected chi connectivity index (χ2v) is 4.89. The van der Waals surface area contributed by atoms with Gasteiger partial charge in [-0.2, -0.15) is 0 Å². The van der Waals surface area contributed by atoms with Crippen LogP contribution in [-0.4, -0.2) is 42.9 Å². The molecule has 0 aliphatic carbocycles. The fraction of sp³-hybridized carbons (Fsp3) is 0.692. The molecular formula is C13H21NO3. The molecule has 2 rings (SSSR count). The second-order valence-electron chi connectivity index (χ2n) is 4.89. The molecule has 1 aromatic rings. The summed E-state index contributed by atoms with van der Waals surface area (Å²) < 4.78 is 10.7. The van der Waals surface area contributed by atoms with Crippen LogP contribution in [-0.2, 0) is 11.3 Å². The number of aryl methyl sites for hydroxylation is 1. The van der Waals surface area contributed by atoms with E-state index in [0.29, 0.717) is 13.2 Å². The normalized spacial score (nSPS) is 25.4. The maximum atomic E-state index is 9.87. The van der Waals surface area contributed by atoms with Crippen molar-refractivity contribution >= 4 is 0 Å². The molecule has 0 bridgehead atoms. The zero-order valence-electron chi connectivity index (χ0n) is 10.6. The van der Waals surface area contributed by atoms with E-state index in [1.54, 1.807) is 6.26 Å². The molecule has 4 heteroatoms. The average Bonchev–Trinajstić information content (AvgIpc) is 2.68. The monoisotopic (exact) mass is 239 g/mol. The van der Waals surface area contributed by atoms with Crippen LogP contribution in [0.25, 0.3) is 0 Å². The highest BCUT2D eigenvalue weighted by molar-refractivity contribution is 5.14. The van der Waals surface area contributed by atoms with Crippen LogP contribution in [0.1, 0.15) is 17.7 Å². The molecule has 96 valence electrons. The van der Waals surface area contributed by atoms with Gasteiger partial charge in [0.15, 0.2) is 0 Å². The predicted octanol–water partition coefficient (Wildman–Crippen LogP) is 1.42. The van der Waals surface area contributed by atoms with E-state index in [0.717, 1.165) is 25.3 Å². The molecular weight excluding hydrogens is 218 g/mol. The zero-order valence-corrected chi connectivity index (χ0v) is 10.6. The molecule has 1 fully saturated rings. The van der Waals surface area contributed by atoms with Gasteiger partial charge in [-0.25, -0.2) is 0 Å². The third-order valence-corrected chi connectivity index (χ3v) is 3.39. The van der Waals surface area contributed by atoms with Gasteiger partial charge in [0.25, 0.3) is 0 Å². The molecule has 1 N–H and O–H groups in total. The maximum Gasteiger partial charge on any atom is 0.105 e. The number of furan rings is 1. The summed E-state index contributed by atoms with van der Waals surface area (Å²) in [6.45, 7) is 5.02. The van der Waals surface area contributed by atoms with Crippen LogP contribution in [0, 0.1) is 12.8 Å². The van der Waals surface area contributed by atoms with E-state index in [-0.39, 0.29) is 12.0 Å². The standard InChI is InChI=1S/C13H21NO3/c1-10-11(3-6-17-10)7-14(2)8-12-9-16-5-4-13(12)15/h3,6,12-13,15H,4-5,7-9H2,1-2H3. The number of hydrogen-bond acceptors (Lipinski definition) is 4. The average molecular weight is 239 g/mol. The molecule has 1 saturated heterocycles. The summed E-state index contributed by atoms with van der Waals surface area (Å²) in [5, 5.41) is 9.87. The van der Waals surface area contributed by atoms with Crippen LogP contribution in [0.5, 0.6) is 0 Å².